The second kappa shape index (κ2) is 6.12. The number of piperidine rings is 1. The number of likely N-dealkylation sites (tertiary alicyclic amines) is 1. The van der Waals surface area contributed by atoms with Gasteiger partial charge in [0.15, 0.2) is 11.5 Å². The van der Waals surface area contributed by atoms with Crippen molar-refractivity contribution >= 4 is 16.7 Å². The van der Waals surface area contributed by atoms with Crippen LogP contribution in [-0.4, -0.2) is 44.2 Å². The molecule has 1 fully saturated rings. The van der Waals surface area contributed by atoms with Crippen molar-refractivity contribution in [2.24, 2.45) is 0 Å². The summed E-state index contributed by atoms with van der Waals surface area (Å²) in [6.45, 7) is 2.90. The maximum absolute atomic E-state index is 13.0. The summed E-state index contributed by atoms with van der Waals surface area (Å²) in [4.78, 5) is 30.9. The van der Waals surface area contributed by atoms with Gasteiger partial charge in [0, 0.05) is 31.3 Å². The molecule has 1 aliphatic heterocycles. The van der Waals surface area contributed by atoms with E-state index in [2.05, 4.69) is 20.3 Å². The number of aromatic nitrogens is 4. The Morgan fingerprint density at radius 1 is 1.32 bits per heavy atom. The Hall–Kier alpha value is -3.03. The molecular weight excluding hydrogens is 322 g/mol. The van der Waals surface area contributed by atoms with Gasteiger partial charge in [0.25, 0.3) is 11.5 Å². The first-order valence-corrected chi connectivity index (χ1v) is 8.20. The molecule has 0 saturated carbocycles. The Labute approximate surface area is 142 Å². The minimum absolute atomic E-state index is 0.0455. The molecule has 1 unspecified atom stereocenters. The van der Waals surface area contributed by atoms with Crippen molar-refractivity contribution < 1.29 is 9.32 Å². The SMILES string of the molecule is Cc1nc(C2CCCN(C(=O)c3n[nH]c(=O)c4ccccc34)C2)no1. The molecule has 8 nitrogen and oxygen atoms in total. The molecular formula is C17H17N5O3. The van der Waals surface area contributed by atoms with E-state index < -0.39 is 0 Å². The molecule has 1 amide bonds. The van der Waals surface area contributed by atoms with Crippen LogP contribution in [0.4, 0.5) is 0 Å². The summed E-state index contributed by atoms with van der Waals surface area (Å²) in [5.74, 6) is 1.00. The van der Waals surface area contributed by atoms with E-state index in [9.17, 15) is 9.59 Å². The molecule has 1 N–H and O–H groups in total. The first-order chi connectivity index (χ1) is 12.1. The second-order valence-corrected chi connectivity index (χ2v) is 6.21. The van der Waals surface area contributed by atoms with Crippen LogP contribution in [0.1, 0.15) is 41.0 Å². The Morgan fingerprint density at radius 2 is 2.12 bits per heavy atom. The summed E-state index contributed by atoms with van der Waals surface area (Å²) in [6.07, 6.45) is 1.76. The lowest BCUT2D eigenvalue weighted by Crippen LogP contribution is -2.40. The number of carbonyl (C=O) groups is 1. The van der Waals surface area contributed by atoms with E-state index in [4.69, 9.17) is 4.52 Å². The van der Waals surface area contributed by atoms with E-state index in [1.54, 1.807) is 36.1 Å². The fraction of sp³-hybridized carbons (Fsp3) is 0.353. The molecule has 0 radical (unpaired) electrons. The standard InChI is InChI=1S/C17H17N5O3/c1-10-18-15(21-25-10)11-5-4-8-22(9-11)17(24)14-12-6-2-3-7-13(12)16(23)20-19-14/h2-3,6-7,11H,4-5,8-9H2,1H3,(H,20,23). The zero-order chi connectivity index (χ0) is 17.4. The van der Waals surface area contributed by atoms with E-state index >= 15 is 0 Å². The molecule has 0 bridgehead atoms. The van der Waals surface area contributed by atoms with Gasteiger partial charge in [0.2, 0.25) is 5.89 Å². The van der Waals surface area contributed by atoms with E-state index in [0.29, 0.717) is 35.6 Å². The summed E-state index contributed by atoms with van der Waals surface area (Å²) in [5, 5.41) is 11.4. The molecule has 25 heavy (non-hydrogen) atoms. The Kier molecular flexibility index (Phi) is 3.79. The molecule has 2 aromatic heterocycles. The van der Waals surface area contributed by atoms with Crippen molar-refractivity contribution in [2.45, 2.75) is 25.7 Å². The van der Waals surface area contributed by atoms with Crippen LogP contribution in [-0.2, 0) is 0 Å². The highest BCUT2D eigenvalue weighted by Crippen LogP contribution is 2.26. The number of nitrogens with one attached hydrogen (secondary N) is 1. The van der Waals surface area contributed by atoms with Crippen LogP contribution in [0.25, 0.3) is 10.8 Å². The van der Waals surface area contributed by atoms with Crippen LogP contribution in [0.3, 0.4) is 0 Å². The molecule has 1 aliphatic rings. The Bertz CT molecular complexity index is 993. The third-order valence-electron chi connectivity index (χ3n) is 4.52. The molecule has 3 aromatic rings. The maximum Gasteiger partial charge on any atom is 0.274 e. The van der Waals surface area contributed by atoms with Crippen molar-refractivity contribution in [3.8, 4) is 0 Å². The fourth-order valence-corrected chi connectivity index (χ4v) is 3.28. The van der Waals surface area contributed by atoms with E-state index in [1.807, 2.05) is 0 Å². The van der Waals surface area contributed by atoms with Crippen molar-refractivity contribution in [1.29, 1.82) is 0 Å². The number of aryl methyl sites for hydroxylation is 1. The number of fused-ring (bicyclic) bond motifs is 1. The second-order valence-electron chi connectivity index (χ2n) is 6.21. The summed E-state index contributed by atoms with van der Waals surface area (Å²) in [6, 6.07) is 6.99. The predicted octanol–water partition coefficient (Wildman–Crippen LogP) is 1.63. The highest BCUT2D eigenvalue weighted by Gasteiger charge is 2.29. The highest BCUT2D eigenvalue weighted by atomic mass is 16.5. The fourth-order valence-electron chi connectivity index (χ4n) is 3.28. The van der Waals surface area contributed by atoms with Gasteiger partial charge >= 0.3 is 0 Å². The smallest absolute Gasteiger partial charge is 0.274 e. The number of hydrogen-bond acceptors (Lipinski definition) is 6. The van der Waals surface area contributed by atoms with Gasteiger partial charge in [-0.15, -0.1) is 0 Å². The zero-order valence-electron chi connectivity index (χ0n) is 13.7. The lowest BCUT2D eigenvalue weighted by molar-refractivity contribution is 0.0698. The molecule has 8 heteroatoms. The van der Waals surface area contributed by atoms with Crippen molar-refractivity contribution in [2.75, 3.05) is 13.1 Å². The van der Waals surface area contributed by atoms with E-state index in [0.717, 1.165) is 12.8 Å². The third kappa shape index (κ3) is 2.79. The summed E-state index contributed by atoms with van der Waals surface area (Å²) < 4.78 is 5.05. The summed E-state index contributed by atoms with van der Waals surface area (Å²) >= 11 is 0. The molecule has 3 heterocycles. The number of H-pyrrole nitrogens is 1. The molecule has 0 aliphatic carbocycles. The third-order valence-corrected chi connectivity index (χ3v) is 4.52. The number of benzene rings is 1. The Balaban J connectivity index is 1.65. The quantitative estimate of drug-likeness (QED) is 0.761. The van der Waals surface area contributed by atoms with E-state index in [1.165, 1.54) is 0 Å². The summed E-state index contributed by atoms with van der Waals surface area (Å²) in [5.41, 5.74) is -0.0360. The number of nitrogens with zero attached hydrogens (tertiary/aromatic N) is 4. The van der Waals surface area contributed by atoms with Crippen LogP contribution < -0.4 is 5.56 Å². The van der Waals surface area contributed by atoms with E-state index in [-0.39, 0.29) is 23.1 Å². The Morgan fingerprint density at radius 3 is 2.88 bits per heavy atom. The van der Waals surface area contributed by atoms with Gasteiger partial charge in [0.1, 0.15) is 0 Å². The molecule has 128 valence electrons. The molecule has 1 aromatic carbocycles. The van der Waals surface area contributed by atoms with Crippen molar-refractivity contribution in [3.05, 3.63) is 52.0 Å². The lowest BCUT2D eigenvalue weighted by Gasteiger charge is -2.31. The first kappa shape index (κ1) is 15.5. The van der Waals surface area contributed by atoms with Crippen LogP contribution in [0.15, 0.2) is 33.6 Å². The molecule has 4 rings (SSSR count). The molecule has 1 saturated heterocycles. The molecule has 1 atom stereocenters. The minimum Gasteiger partial charge on any atom is -0.340 e. The van der Waals surface area contributed by atoms with Crippen LogP contribution in [0.5, 0.6) is 0 Å². The highest BCUT2D eigenvalue weighted by molar-refractivity contribution is 6.04. The van der Waals surface area contributed by atoms with Crippen molar-refractivity contribution in [1.82, 2.24) is 25.2 Å². The van der Waals surface area contributed by atoms with Gasteiger partial charge in [-0.3, -0.25) is 9.59 Å². The van der Waals surface area contributed by atoms with Gasteiger partial charge < -0.3 is 9.42 Å². The van der Waals surface area contributed by atoms with Crippen LogP contribution in [0.2, 0.25) is 0 Å². The van der Waals surface area contributed by atoms with Crippen LogP contribution in [0, 0.1) is 6.92 Å². The zero-order valence-corrected chi connectivity index (χ0v) is 13.7. The van der Waals surface area contributed by atoms with Gasteiger partial charge in [0.05, 0.1) is 5.39 Å². The lowest BCUT2D eigenvalue weighted by atomic mass is 9.97. The number of rotatable bonds is 2. The topological polar surface area (TPSA) is 105 Å². The monoisotopic (exact) mass is 339 g/mol. The average Bonchev–Trinajstić information content (AvgIpc) is 3.08. The maximum atomic E-state index is 13.0. The predicted molar refractivity (Wildman–Crippen MR) is 89.3 cm³/mol. The number of aromatic amines is 1. The normalized spacial score (nSPS) is 17.8. The first-order valence-electron chi connectivity index (χ1n) is 8.20. The van der Waals surface area contributed by atoms with Gasteiger partial charge in [-0.2, -0.15) is 10.1 Å². The van der Waals surface area contributed by atoms with Gasteiger partial charge in [-0.1, -0.05) is 23.4 Å². The van der Waals surface area contributed by atoms with Gasteiger partial charge in [-0.05, 0) is 18.9 Å². The largest absolute Gasteiger partial charge is 0.340 e. The van der Waals surface area contributed by atoms with Gasteiger partial charge in [-0.25, -0.2) is 5.10 Å². The number of amides is 1. The number of carbonyl (C=O) groups excluding carboxylic acids is 1. The average molecular weight is 339 g/mol. The van der Waals surface area contributed by atoms with Crippen LogP contribution >= 0.6 is 0 Å². The van der Waals surface area contributed by atoms with Crippen molar-refractivity contribution in [3.63, 3.8) is 0 Å². The minimum atomic E-state index is -0.300. The number of hydrogen-bond donors (Lipinski definition) is 1. The summed E-state index contributed by atoms with van der Waals surface area (Å²) in [7, 11) is 0. The molecule has 0 spiro atoms.